The van der Waals surface area contributed by atoms with Crippen molar-refractivity contribution >= 4 is 29.0 Å². The second kappa shape index (κ2) is 9.36. The highest BCUT2D eigenvalue weighted by molar-refractivity contribution is 6.31. The maximum atomic E-state index is 13.3. The average molecular weight is 450 g/mol. The van der Waals surface area contributed by atoms with Gasteiger partial charge in [0, 0.05) is 12.1 Å². The Balaban J connectivity index is 1.63. The molecule has 0 aliphatic carbocycles. The van der Waals surface area contributed by atoms with Crippen LogP contribution >= 0.6 is 11.6 Å². The summed E-state index contributed by atoms with van der Waals surface area (Å²) in [6.45, 7) is 3.93. The molecule has 0 aliphatic rings. The summed E-state index contributed by atoms with van der Waals surface area (Å²) in [5.74, 6) is 1.66. The SMILES string of the molecule is COc1ccc(N(Cc2nc3nc(C)c(Cl)c(C)n3n2)C(=O)CCc2ccccc2)cc1. The number of carbonyl (C=O) groups is 1. The molecule has 0 spiro atoms. The molecule has 164 valence electrons. The molecule has 4 rings (SSSR count). The first-order valence-electron chi connectivity index (χ1n) is 10.3. The maximum absolute atomic E-state index is 13.3. The van der Waals surface area contributed by atoms with Crippen LogP contribution in [0, 0.1) is 13.8 Å². The van der Waals surface area contributed by atoms with Crippen LogP contribution in [0.4, 0.5) is 5.69 Å². The van der Waals surface area contributed by atoms with E-state index in [4.69, 9.17) is 16.3 Å². The number of fused-ring (bicyclic) bond motifs is 1. The van der Waals surface area contributed by atoms with Crippen molar-refractivity contribution in [3.63, 3.8) is 0 Å². The Morgan fingerprint density at radius 2 is 1.78 bits per heavy atom. The standard InChI is InChI=1S/C24H24ClN5O2/c1-16-23(25)17(2)30-24(26-16)27-21(28-30)15-29(19-10-12-20(32-3)13-11-19)22(31)14-9-18-7-5-4-6-8-18/h4-8,10-13H,9,14-15H2,1-3H3. The fourth-order valence-electron chi connectivity index (χ4n) is 3.52. The topological polar surface area (TPSA) is 72.6 Å². The second-order valence-electron chi connectivity index (χ2n) is 7.50. The zero-order chi connectivity index (χ0) is 22.7. The fraction of sp³-hybridized carbons (Fsp3) is 0.250. The third-order valence-corrected chi connectivity index (χ3v) is 5.86. The lowest BCUT2D eigenvalue weighted by atomic mass is 10.1. The van der Waals surface area contributed by atoms with Crippen molar-refractivity contribution in [3.8, 4) is 5.75 Å². The molecule has 2 aromatic heterocycles. The molecule has 0 unspecified atom stereocenters. The average Bonchev–Trinajstić information content (AvgIpc) is 3.23. The molecule has 4 aromatic rings. The first kappa shape index (κ1) is 21.8. The van der Waals surface area contributed by atoms with Gasteiger partial charge >= 0.3 is 0 Å². The summed E-state index contributed by atoms with van der Waals surface area (Å²) >= 11 is 6.32. The molecule has 2 aromatic carbocycles. The van der Waals surface area contributed by atoms with Gasteiger partial charge in [-0.25, -0.2) is 4.98 Å². The molecule has 0 saturated carbocycles. The third-order valence-electron chi connectivity index (χ3n) is 5.31. The Morgan fingerprint density at radius 1 is 1.06 bits per heavy atom. The van der Waals surface area contributed by atoms with Crippen LogP contribution in [-0.4, -0.2) is 32.6 Å². The number of ether oxygens (including phenoxy) is 1. The molecule has 0 saturated heterocycles. The van der Waals surface area contributed by atoms with E-state index in [1.165, 1.54) is 0 Å². The maximum Gasteiger partial charge on any atom is 0.253 e. The predicted molar refractivity (Wildman–Crippen MR) is 124 cm³/mol. The molecular weight excluding hydrogens is 426 g/mol. The molecule has 0 bridgehead atoms. The van der Waals surface area contributed by atoms with Gasteiger partial charge in [0.05, 0.1) is 30.1 Å². The van der Waals surface area contributed by atoms with Crippen molar-refractivity contribution in [2.75, 3.05) is 12.0 Å². The molecule has 0 atom stereocenters. The summed E-state index contributed by atoms with van der Waals surface area (Å²) in [4.78, 5) is 23.9. The van der Waals surface area contributed by atoms with Crippen molar-refractivity contribution in [1.29, 1.82) is 0 Å². The predicted octanol–water partition coefficient (Wildman–Crippen LogP) is 4.57. The lowest BCUT2D eigenvalue weighted by Gasteiger charge is -2.22. The number of hydrogen-bond acceptors (Lipinski definition) is 5. The summed E-state index contributed by atoms with van der Waals surface area (Å²) in [6, 6.07) is 17.4. The number of amides is 1. The second-order valence-corrected chi connectivity index (χ2v) is 7.88. The van der Waals surface area contributed by atoms with Gasteiger partial charge < -0.3 is 9.64 Å². The van der Waals surface area contributed by atoms with Gasteiger partial charge in [-0.15, -0.1) is 5.10 Å². The number of aryl methyl sites for hydroxylation is 3. The van der Waals surface area contributed by atoms with Crippen LogP contribution in [0.2, 0.25) is 5.02 Å². The molecule has 0 aliphatic heterocycles. The van der Waals surface area contributed by atoms with E-state index < -0.39 is 0 Å². The van der Waals surface area contributed by atoms with Gasteiger partial charge in [0.25, 0.3) is 5.78 Å². The van der Waals surface area contributed by atoms with E-state index in [9.17, 15) is 4.79 Å². The van der Waals surface area contributed by atoms with Gasteiger partial charge in [0.2, 0.25) is 5.91 Å². The largest absolute Gasteiger partial charge is 0.497 e. The normalized spacial score (nSPS) is 11.0. The molecular formula is C24H24ClN5O2. The van der Waals surface area contributed by atoms with Crippen molar-refractivity contribution in [1.82, 2.24) is 19.6 Å². The number of halogens is 1. The summed E-state index contributed by atoms with van der Waals surface area (Å²) in [5, 5.41) is 5.11. The molecule has 1 amide bonds. The lowest BCUT2D eigenvalue weighted by Crippen LogP contribution is -2.31. The van der Waals surface area contributed by atoms with Crippen LogP contribution < -0.4 is 9.64 Å². The minimum Gasteiger partial charge on any atom is -0.497 e. The molecule has 0 fully saturated rings. The van der Waals surface area contributed by atoms with E-state index in [0.29, 0.717) is 35.2 Å². The summed E-state index contributed by atoms with van der Waals surface area (Å²) in [7, 11) is 1.61. The van der Waals surface area contributed by atoms with Crippen LogP contribution in [0.1, 0.15) is 29.2 Å². The number of nitrogens with zero attached hydrogens (tertiary/aromatic N) is 5. The van der Waals surface area contributed by atoms with Gasteiger partial charge in [0.15, 0.2) is 5.82 Å². The van der Waals surface area contributed by atoms with Crippen LogP contribution in [-0.2, 0) is 17.8 Å². The minimum absolute atomic E-state index is 0.0169. The van der Waals surface area contributed by atoms with Crippen molar-refractivity contribution in [2.45, 2.75) is 33.2 Å². The number of methoxy groups -OCH3 is 1. The molecule has 32 heavy (non-hydrogen) atoms. The Kier molecular flexibility index (Phi) is 6.37. The smallest absolute Gasteiger partial charge is 0.253 e. The first-order valence-corrected chi connectivity index (χ1v) is 10.7. The van der Waals surface area contributed by atoms with Gasteiger partial charge in [-0.3, -0.25) is 4.79 Å². The van der Waals surface area contributed by atoms with Crippen LogP contribution in [0.15, 0.2) is 54.6 Å². The molecule has 7 nitrogen and oxygen atoms in total. The first-order chi connectivity index (χ1) is 15.5. The highest BCUT2D eigenvalue weighted by atomic mass is 35.5. The Labute approximate surface area is 191 Å². The van der Waals surface area contributed by atoms with E-state index in [0.717, 1.165) is 22.7 Å². The molecule has 0 radical (unpaired) electrons. The van der Waals surface area contributed by atoms with Gasteiger partial charge in [-0.2, -0.15) is 9.50 Å². The Hall–Kier alpha value is -3.45. The number of rotatable bonds is 7. The number of carbonyl (C=O) groups excluding carboxylic acids is 1. The lowest BCUT2D eigenvalue weighted by molar-refractivity contribution is -0.118. The van der Waals surface area contributed by atoms with E-state index in [2.05, 4.69) is 15.1 Å². The van der Waals surface area contributed by atoms with Crippen LogP contribution in [0.5, 0.6) is 5.75 Å². The van der Waals surface area contributed by atoms with Crippen molar-refractivity contribution in [2.24, 2.45) is 0 Å². The van der Waals surface area contributed by atoms with E-state index in [1.807, 2.05) is 68.4 Å². The minimum atomic E-state index is -0.0169. The molecule has 2 heterocycles. The molecule has 8 heteroatoms. The van der Waals surface area contributed by atoms with Crippen molar-refractivity contribution in [3.05, 3.63) is 82.4 Å². The number of benzene rings is 2. The van der Waals surface area contributed by atoms with Crippen LogP contribution in [0.25, 0.3) is 5.78 Å². The zero-order valence-corrected chi connectivity index (χ0v) is 19.0. The van der Waals surface area contributed by atoms with Gasteiger partial charge in [-0.05, 0) is 50.1 Å². The Bertz CT molecular complexity index is 1240. The highest BCUT2D eigenvalue weighted by Crippen LogP contribution is 2.23. The van der Waals surface area contributed by atoms with E-state index in [1.54, 1.807) is 16.5 Å². The van der Waals surface area contributed by atoms with Crippen LogP contribution in [0.3, 0.4) is 0 Å². The van der Waals surface area contributed by atoms with E-state index in [-0.39, 0.29) is 12.5 Å². The monoisotopic (exact) mass is 449 g/mol. The summed E-state index contributed by atoms with van der Waals surface area (Å²) in [6.07, 6.45) is 1.02. The van der Waals surface area contributed by atoms with Gasteiger partial charge in [0.1, 0.15) is 5.75 Å². The number of aromatic nitrogens is 4. The summed E-state index contributed by atoms with van der Waals surface area (Å²) < 4.78 is 6.87. The summed E-state index contributed by atoms with van der Waals surface area (Å²) in [5.41, 5.74) is 3.33. The number of anilines is 1. The number of hydrogen-bond donors (Lipinski definition) is 0. The molecule has 0 N–H and O–H groups in total. The zero-order valence-electron chi connectivity index (χ0n) is 18.2. The highest BCUT2D eigenvalue weighted by Gasteiger charge is 2.20. The Morgan fingerprint density at radius 3 is 2.47 bits per heavy atom. The fourth-order valence-corrected chi connectivity index (χ4v) is 3.64. The van der Waals surface area contributed by atoms with Gasteiger partial charge in [-0.1, -0.05) is 41.9 Å². The quantitative estimate of drug-likeness (QED) is 0.413. The van der Waals surface area contributed by atoms with E-state index >= 15 is 0 Å². The third kappa shape index (κ3) is 4.57. The van der Waals surface area contributed by atoms with Crippen molar-refractivity contribution < 1.29 is 9.53 Å².